The number of pyridine rings is 1. The number of aromatic nitrogens is 3. The molecule has 0 aliphatic carbocycles. The van der Waals surface area contributed by atoms with Crippen LogP contribution in [-0.4, -0.2) is 26.4 Å². The number of amides is 1. The molecule has 0 saturated carbocycles. The molecule has 4 rings (SSSR count). The number of nitrogens with one attached hydrogen (secondary N) is 3. The first kappa shape index (κ1) is 20.5. The first-order valence-corrected chi connectivity index (χ1v) is 9.60. The van der Waals surface area contributed by atoms with Gasteiger partial charge in [0.1, 0.15) is 11.3 Å². The highest BCUT2D eigenvalue weighted by atomic mass is 32.2. The van der Waals surface area contributed by atoms with Crippen LogP contribution in [0.5, 0.6) is 11.5 Å². The summed E-state index contributed by atoms with van der Waals surface area (Å²) in [5.41, 5.74) is -3.69. The van der Waals surface area contributed by atoms with E-state index >= 15 is 0 Å². The van der Waals surface area contributed by atoms with Crippen molar-refractivity contribution in [1.29, 1.82) is 0 Å². The molecular formula is C20H13F3N4O3S. The molecular weight excluding hydrogens is 433 g/mol. The molecule has 0 aliphatic heterocycles. The molecule has 0 radical (unpaired) electrons. The minimum atomic E-state index is -4.42. The Hall–Kier alpha value is -3.73. The summed E-state index contributed by atoms with van der Waals surface area (Å²) in [6.45, 7) is 0. The lowest BCUT2D eigenvalue weighted by molar-refractivity contribution is -0.0328. The normalized spacial score (nSPS) is 11.5. The molecule has 0 atom stereocenters. The van der Waals surface area contributed by atoms with Gasteiger partial charge in [0, 0.05) is 28.4 Å². The Morgan fingerprint density at radius 2 is 1.87 bits per heavy atom. The van der Waals surface area contributed by atoms with Crippen LogP contribution in [0.2, 0.25) is 0 Å². The number of fused-ring (bicyclic) bond motifs is 1. The summed E-state index contributed by atoms with van der Waals surface area (Å²) < 4.78 is 43.5. The molecule has 158 valence electrons. The fourth-order valence-corrected chi connectivity index (χ4v) is 3.40. The van der Waals surface area contributed by atoms with Crippen molar-refractivity contribution >= 4 is 34.5 Å². The number of anilines is 1. The van der Waals surface area contributed by atoms with Gasteiger partial charge < -0.3 is 15.0 Å². The lowest BCUT2D eigenvalue weighted by Crippen LogP contribution is -2.12. The summed E-state index contributed by atoms with van der Waals surface area (Å²) in [6.07, 6.45) is 1.46. The van der Waals surface area contributed by atoms with Gasteiger partial charge in [-0.15, -0.1) is 0 Å². The molecule has 0 fully saturated rings. The Kier molecular flexibility index (Phi) is 5.42. The third-order valence-corrected chi connectivity index (χ3v) is 4.75. The predicted octanol–water partition coefficient (Wildman–Crippen LogP) is 4.91. The van der Waals surface area contributed by atoms with Crippen LogP contribution in [0, 0.1) is 0 Å². The number of benzene rings is 2. The van der Waals surface area contributed by atoms with Crippen LogP contribution in [0.1, 0.15) is 10.4 Å². The van der Waals surface area contributed by atoms with Gasteiger partial charge >= 0.3 is 11.2 Å². The molecule has 31 heavy (non-hydrogen) atoms. The van der Waals surface area contributed by atoms with Crippen molar-refractivity contribution in [2.45, 2.75) is 10.4 Å². The Labute approximate surface area is 176 Å². The van der Waals surface area contributed by atoms with Gasteiger partial charge in [-0.05, 0) is 48.2 Å². The van der Waals surface area contributed by atoms with Crippen LogP contribution >= 0.6 is 11.8 Å². The van der Waals surface area contributed by atoms with E-state index in [4.69, 9.17) is 4.74 Å². The van der Waals surface area contributed by atoms with Gasteiger partial charge in [0.2, 0.25) is 0 Å². The summed E-state index contributed by atoms with van der Waals surface area (Å²) in [6, 6.07) is 13.3. The van der Waals surface area contributed by atoms with Gasteiger partial charge in [-0.3, -0.25) is 9.78 Å². The fraction of sp³-hybridized carbons (Fsp3) is 0.0500. The van der Waals surface area contributed by atoms with E-state index in [-0.39, 0.29) is 27.9 Å². The second-order valence-corrected chi connectivity index (χ2v) is 7.41. The number of nitrogens with zero attached hydrogens (tertiary/aromatic N) is 1. The van der Waals surface area contributed by atoms with Gasteiger partial charge in [-0.1, -0.05) is 12.1 Å². The zero-order valence-electron chi connectivity index (χ0n) is 15.5. The zero-order chi connectivity index (χ0) is 22.0. The molecule has 0 saturated heterocycles. The topological polar surface area (TPSA) is 99.9 Å². The molecule has 0 bridgehead atoms. The number of halogens is 3. The minimum Gasteiger partial charge on any atom is -0.455 e. The second-order valence-electron chi connectivity index (χ2n) is 6.27. The highest BCUT2D eigenvalue weighted by Gasteiger charge is 2.29. The largest absolute Gasteiger partial charge is 0.455 e. The molecule has 1 amide bonds. The van der Waals surface area contributed by atoms with E-state index < -0.39 is 17.1 Å². The molecule has 3 N–H and O–H groups in total. The number of carbonyl (C=O) groups is 1. The van der Waals surface area contributed by atoms with Crippen molar-refractivity contribution in [2.75, 3.05) is 5.32 Å². The average Bonchev–Trinajstić information content (AvgIpc) is 3.08. The summed E-state index contributed by atoms with van der Waals surface area (Å²) >= 11 is -0.260. The molecule has 7 nitrogen and oxygen atoms in total. The standard InChI is InChI=1S/C20H13F3N4O3S/c21-20(22,23)31-14-6-2-4-12(10-14)25-18(28)11-3-1-5-13(9-11)30-15-7-8-24-17-16(15)26-19(29)27-17/h1-10H,(H,25,28)(H2,24,26,27,29). The van der Waals surface area contributed by atoms with E-state index in [9.17, 15) is 22.8 Å². The average molecular weight is 446 g/mol. The number of rotatable bonds is 5. The maximum atomic E-state index is 12.6. The Bertz CT molecular complexity index is 1320. The van der Waals surface area contributed by atoms with Crippen molar-refractivity contribution < 1.29 is 22.7 Å². The molecule has 0 unspecified atom stereocenters. The molecule has 0 spiro atoms. The number of H-pyrrole nitrogens is 2. The number of alkyl halides is 3. The quantitative estimate of drug-likeness (QED) is 0.379. The second kappa shape index (κ2) is 8.19. The molecule has 0 aliphatic rings. The highest BCUT2D eigenvalue weighted by molar-refractivity contribution is 8.00. The molecule has 2 aromatic heterocycles. The van der Waals surface area contributed by atoms with E-state index in [0.29, 0.717) is 22.7 Å². The van der Waals surface area contributed by atoms with E-state index in [1.807, 2.05) is 0 Å². The number of ether oxygens (including phenoxy) is 1. The van der Waals surface area contributed by atoms with Gasteiger partial charge in [-0.2, -0.15) is 13.2 Å². The molecule has 2 heterocycles. The maximum Gasteiger partial charge on any atom is 0.446 e. The van der Waals surface area contributed by atoms with Crippen LogP contribution in [0.15, 0.2) is 70.5 Å². The summed E-state index contributed by atoms with van der Waals surface area (Å²) in [4.78, 5) is 33.1. The van der Waals surface area contributed by atoms with Gasteiger partial charge in [0.25, 0.3) is 5.91 Å². The fourth-order valence-electron chi connectivity index (χ4n) is 2.80. The van der Waals surface area contributed by atoms with Crippen LogP contribution in [-0.2, 0) is 0 Å². The van der Waals surface area contributed by atoms with E-state index in [0.717, 1.165) is 0 Å². The highest BCUT2D eigenvalue weighted by Crippen LogP contribution is 2.37. The SMILES string of the molecule is O=C(Nc1cccc(SC(F)(F)F)c1)c1cccc(Oc2ccnc3[nH]c(=O)[nH]c23)c1. The maximum absolute atomic E-state index is 12.6. The lowest BCUT2D eigenvalue weighted by atomic mass is 10.2. The van der Waals surface area contributed by atoms with Crippen molar-refractivity contribution in [1.82, 2.24) is 15.0 Å². The van der Waals surface area contributed by atoms with Crippen molar-refractivity contribution in [3.8, 4) is 11.5 Å². The summed E-state index contributed by atoms with van der Waals surface area (Å²) in [5.74, 6) is 0.135. The smallest absolute Gasteiger partial charge is 0.446 e. The number of imidazole rings is 1. The minimum absolute atomic E-state index is 0.0374. The third-order valence-electron chi connectivity index (χ3n) is 4.03. The van der Waals surface area contributed by atoms with Crippen molar-refractivity contribution in [3.63, 3.8) is 0 Å². The monoisotopic (exact) mass is 446 g/mol. The Balaban J connectivity index is 1.52. The zero-order valence-corrected chi connectivity index (χ0v) is 16.3. The predicted molar refractivity (Wildman–Crippen MR) is 110 cm³/mol. The lowest BCUT2D eigenvalue weighted by Gasteiger charge is -2.10. The van der Waals surface area contributed by atoms with Crippen molar-refractivity contribution in [3.05, 3.63) is 76.8 Å². The summed E-state index contributed by atoms with van der Waals surface area (Å²) in [5, 5.41) is 2.57. The molecule has 2 aromatic carbocycles. The van der Waals surface area contributed by atoms with Crippen LogP contribution in [0.25, 0.3) is 11.2 Å². The van der Waals surface area contributed by atoms with E-state index in [2.05, 4.69) is 20.3 Å². The van der Waals surface area contributed by atoms with Crippen LogP contribution in [0.3, 0.4) is 0 Å². The molecule has 11 heteroatoms. The van der Waals surface area contributed by atoms with Crippen LogP contribution < -0.4 is 15.7 Å². The van der Waals surface area contributed by atoms with Gasteiger partial charge in [-0.25, -0.2) is 9.78 Å². The van der Waals surface area contributed by atoms with Gasteiger partial charge in [0.05, 0.1) is 0 Å². The number of carbonyl (C=O) groups excluding carboxylic acids is 1. The third kappa shape index (κ3) is 5.07. The van der Waals surface area contributed by atoms with E-state index in [1.165, 1.54) is 42.6 Å². The molecule has 4 aromatic rings. The van der Waals surface area contributed by atoms with Crippen LogP contribution in [0.4, 0.5) is 18.9 Å². The Morgan fingerprint density at radius 1 is 1.06 bits per heavy atom. The summed E-state index contributed by atoms with van der Waals surface area (Å²) in [7, 11) is 0. The van der Waals surface area contributed by atoms with Crippen molar-refractivity contribution in [2.24, 2.45) is 0 Å². The number of thioether (sulfide) groups is 1. The van der Waals surface area contributed by atoms with Gasteiger partial charge in [0.15, 0.2) is 11.4 Å². The van der Waals surface area contributed by atoms with E-state index in [1.54, 1.807) is 18.2 Å². The first-order chi connectivity index (χ1) is 14.8. The number of aromatic amines is 2. The first-order valence-electron chi connectivity index (χ1n) is 8.79. The Morgan fingerprint density at radius 3 is 2.68 bits per heavy atom. The number of hydrogen-bond acceptors (Lipinski definition) is 5. The number of hydrogen-bond donors (Lipinski definition) is 3.